The quantitative estimate of drug-likeness (QED) is 0.327. The zero-order valence-corrected chi connectivity index (χ0v) is 20.2. The molecule has 0 bridgehead atoms. The molecule has 1 aromatic carbocycles. The number of hydrogen-bond acceptors (Lipinski definition) is 4. The summed E-state index contributed by atoms with van der Waals surface area (Å²) in [5.74, 6) is 0.660. The van der Waals surface area contributed by atoms with Crippen LogP contribution in [-0.4, -0.2) is 54.1 Å². The van der Waals surface area contributed by atoms with E-state index in [1.165, 1.54) is 6.07 Å². The zero-order chi connectivity index (χ0) is 20.6. The van der Waals surface area contributed by atoms with Crippen molar-refractivity contribution in [1.82, 2.24) is 20.4 Å². The van der Waals surface area contributed by atoms with Gasteiger partial charge in [-0.05, 0) is 38.8 Å². The van der Waals surface area contributed by atoms with Gasteiger partial charge in [-0.25, -0.2) is 9.38 Å². The summed E-state index contributed by atoms with van der Waals surface area (Å²) in [5.41, 5.74) is 1.15. The monoisotopic (exact) mass is 530 g/mol. The Kier molecular flexibility index (Phi) is 9.67. The first-order valence-corrected chi connectivity index (χ1v) is 10.2. The number of aromatic nitrogens is 2. The van der Waals surface area contributed by atoms with Crippen LogP contribution >= 0.6 is 24.0 Å². The number of nitrogens with one attached hydrogen (secondary N) is 2. The number of para-hydroxylation sites is 1. The second-order valence-corrected chi connectivity index (χ2v) is 7.38. The van der Waals surface area contributed by atoms with Crippen LogP contribution in [0.15, 0.2) is 41.7 Å². The van der Waals surface area contributed by atoms with Crippen molar-refractivity contribution < 1.29 is 9.13 Å². The number of anilines is 1. The summed E-state index contributed by atoms with van der Waals surface area (Å²) in [6.07, 6.45) is 5.91. The topological polar surface area (TPSA) is 66.7 Å². The van der Waals surface area contributed by atoms with E-state index in [0.29, 0.717) is 12.6 Å². The van der Waals surface area contributed by atoms with Crippen molar-refractivity contribution in [2.45, 2.75) is 38.8 Å². The standard InChI is InChI=1S/C21H31FN6O.HI/c1-4-23-21(24-12-16(2)29-20-10-6-5-9-19(20)22)26-17-8-7-11-28(14-17)18-13-25-27(3)15-18;/h5-6,9-10,13,15-17H,4,7-8,11-12,14H2,1-3H3,(H2,23,24,26);1H. The molecule has 30 heavy (non-hydrogen) atoms. The highest BCUT2D eigenvalue weighted by Gasteiger charge is 2.22. The van der Waals surface area contributed by atoms with Crippen LogP contribution in [0, 0.1) is 5.82 Å². The number of ether oxygens (including phenoxy) is 1. The molecule has 0 radical (unpaired) electrons. The summed E-state index contributed by atoms with van der Waals surface area (Å²) < 4.78 is 21.3. The van der Waals surface area contributed by atoms with E-state index in [2.05, 4.69) is 25.6 Å². The van der Waals surface area contributed by atoms with Gasteiger partial charge in [0.2, 0.25) is 0 Å². The maximum Gasteiger partial charge on any atom is 0.191 e. The van der Waals surface area contributed by atoms with Gasteiger partial charge in [-0.3, -0.25) is 4.68 Å². The van der Waals surface area contributed by atoms with Crippen LogP contribution in [0.4, 0.5) is 10.1 Å². The highest BCUT2D eigenvalue weighted by Crippen LogP contribution is 2.19. The lowest BCUT2D eigenvalue weighted by Gasteiger charge is -2.34. The highest BCUT2D eigenvalue weighted by molar-refractivity contribution is 14.0. The second-order valence-electron chi connectivity index (χ2n) is 7.38. The molecule has 0 saturated carbocycles. The molecular weight excluding hydrogens is 498 g/mol. The van der Waals surface area contributed by atoms with Crippen molar-refractivity contribution in [3.05, 3.63) is 42.5 Å². The second kappa shape index (κ2) is 12.0. The first kappa shape index (κ1) is 24.2. The molecule has 0 aliphatic carbocycles. The van der Waals surface area contributed by atoms with Crippen LogP contribution in [0.1, 0.15) is 26.7 Å². The number of rotatable bonds is 7. The predicted molar refractivity (Wildman–Crippen MR) is 129 cm³/mol. The molecule has 0 amide bonds. The molecular formula is C21H32FIN6O. The highest BCUT2D eigenvalue weighted by atomic mass is 127. The molecule has 2 N–H and O–H groups in total. The van der Waals surface area contributed by atoms with Gasteiger partial charge in [0.1, 0.15) is 6.10 Å². The van der Waals surface area contributed by atoms with Crippen LogP contribution in [0.2, 0.25) is 0 Å². The number of aliphatic imine (C=N–C) groups is 1. The Hall–Kier alpha value is -2.04. The molecule has 2 atom stereocenters. The number of benzene rings is 1. The fraction of sp³-hybridized carbons (Fsp3) is 0.524. The average molecular weight is 530 g/mol. The van der Waals surface area contributed by atoms with Crippen LogP contribution < -0.4 is 20.3 Å². The minimum absolute atomic E-state index is 0. The Labute approximate surface area is 195 Å². The van der Waals surface area contributed by atoms with Crippen LogP contribution in [0.25, 0.3) is 0 Å². The van der Waals surface area contributed by atoms with Gasteiger partial charge in [0.15, 0.2) is 17.5 Å². The zero-order valence-electron chi connectivity index (χ0n) is 17.8. The van der Waals surface area contributed by atoms with E-state index in [1.807, 2.05) is 38.0 Å². The third-order valence-corrected chi connectivity index (χ3v) is 4.83. The molecule has 1 aliphatic rings. The van der Waals surface area contributed by atoms with E-state index >= 15 is 0 Å². The maximum atomic E-state index is 13.8. The number of aryl methyl sites for hydroxylation is 1. The molecule has 1 aromatic heterocycles. The van der Waals surface area contributed by atoms with E-state index in [1.54, 1.807) is 18.2 Å². The summed E-state index contributed by atoms with van der Waals surface area (Å²) in [4.78, 5) is 7.00. The maximum absolute atomic E-state index is 13.8. The van der Waals surface area contributed by atoms with Crippen molar-refractivity contribution in [3.8, 4) is 5.75 Å². The lowest BCUT2D eigenvalue weighted by molar-refractivity contribution is 0.220. The molecule has 3 rings (SSSR count). The third kappa shape index (κ3) is 7.03. The lowest BCUT2D eigenvalue weighted by atomic mass is 10.1. The normalized spacial score (nSPS) is 17.8. The third-order valence-electron chi connectivity index (χ3n) is 4.83. The van der Waals surface area contributed by atoms with E-state index < -0.39 is 0 Å². The van der Waals surface area contributed by atoms with Crippen molar-refractivity contribution in [2.24, 2.45) is 12.0 Å². The summed E-state index contributed by atoms with van der Waals surface area (Å²) in [6.45, 7) is 7.07. The van der Waals surface area contributed by atoms with Gasteiger partial charge < -0.3 is 20.3 Å². The summed E-state index contributed by atoms with van der Waals surface area (Å²) >= 11 is 0. The Balaban J connectivity index is 0.00000320. The van der Waals surface area contributed by atoms with Crippen molar-refractivity contribution in [2.75, 3.05) is 31.1 Å². The van der Waals surface area contributed by atoms with E-state index in [-0.39, 0.29) is 41.6 Å². The summed E-state index contributed by atoms with van der Waals surface area (Å²) in [5, 5.41) is 11.1. The Morgan fingerprint density at radius 3 is 2.90 bits per heavy atom. The van der Waals surface area contributed by atoms with Gasteiger partial charge >= 0.3 is 0 Å². The molecule has 166 valence electrons. The molecule has 1 saturated heterocycles. The van der Waals surface area contributed by atoms with Crippen LogP contribution in [-0.2, 0) is 7.05 Å². The molecule has 2 heterocycles. The van der Waals surface area contributed by atoms with E-state index in [0.717, 1.165) is 44.1 Å². The first-order valence-electron chi connectivity index (χ1n) is 10.2. The smallest absolute Gasteiger partial charge is 0.191 e. The minimum atomic E-state index is -0.355. The number of piperidine rings is 1. The van der Waals surface area contributed by atoms with Gasteiger partial charge in [0.05, 0.1) is 18.4 Å². The molecule has 2 aromatic rings. The summed E-state index contributed by atoms with van der Waals surface area (Å²) in [7, 11) is 1.93. The van der Waals surface area contributed by atoms with Gasteiger partial charge in [-0.1, -0.05) is 12.1 Å². The number of guanidine groups is 1. The molecule has 2 unspecified atom stereocenters. The Morgan fingerprint density at radius 2 is 2.20 bits per heavy atom. The SMILES string of the molecule is CCNC(=NCC(C)Oc1ccccc1F)NC1CCCN(c2cnn(C)c2)C1.I. The van der Waals surface area contributed by atoms with E-state index in [4.69, 9.17) is 4.74 Å². The van der Waals surface area contributed by atoms with Crippen LogP contribution in [0.5, 0.6) is 5.75 Å². The number of halogens is 2. The average Bonchev–Trinajstić information content (AvgIpc) is 3.15. The largest absolute Gasteiger partial charge is 0.486 e. The van der Waals surface area contributed by atoms with Crippen LogP contribution in [0.3, 0.4) is 0 Å². The summed E-state index contributed by atoms with van der Waals surface area (Å²) in [6, 6.07) is 6.74. The fourth-order valence-corrected chi connectivity index (χ4v) is 3.43. The lowest BCUT2D eigenvalue weighted by Crippen LogP contribution is -2.51. The van der Waals surface area contributed by atoms with Crippen molar-refractivity contribution in [3.63, 3.8) is 0 Å². The van der Waals surface area contributed by atoms with Gasteiger partial charge in [-0.15, -0.1) is 24.0 Å². The molecule has 0 spiro atoms. The molecule has 7 nitrogen and oxygen atoms in total. The van der Waals surface area contributed by atoms with E-state index in [9.17, 15) is 4.39 Å². The Morgan fingerprint density at radius 1 is 1.40 bits per heavy atom. The predicted octanol–water partition coefficient (Wildman–Crippen LogP) is 3.17. The molecule has 1 aliphatic heterocycles. The number of hydrogen-bond donors (Lipinski definition) is 2. The fourth-order valence-electron chi connectivity index (χ4n) is 3.43. The first-order chi connectivity index (χ1) is 14.0. The van der Waals surface area contributed by atoms with Gasteiger partial charge in [0, 0.05) is 38.9 Å². The van der Waals surface area contributed by atoms with Gasteiger partial charge in [-0.2, -0.15) is 5.10 Å². The Bertz CT molecular complexity index is 814. The van der Waals surface area contributed by atoms with Gasteiger partial charge in [0.25, 0.3) is 0 Å². The number of nitrogens with zero attached hydrogens (tertiary/aromatic N) is 4. The van der Waals surface area contributed by atoms with Crippen molar-refractivity contribution >= 4 is 35.6 Å². The minimum Gasteiger partial charge on any atom is -0.486 e. The van der Waals surface area contributed by atoms with Crippen molar-refractivity contribution in [1.29, 1.82) is 0 Å². The molecule has 9 heteroatoms. The molecule has 1 fully saturated rings.